The molecule has 2 atom stereocenters. The lowest BCUT2D eigenvalue weighted by atomic mass is 9.95. The topological polar surface area (TPSA) is 0 Å². The van der Waals surface area contributed by atoms with E-state index in [0.29, 0.717) is 0 Å². The molecule has 0 aliphatic heterocycles. The van der Waals surface area contributed by atoms with Crippen molar-refractivity contribution in [3.63, 3.8) is 0 Å². The molecule has 0 aliphatic carbocycles. The Labute approximate surface area is 117 Å². The summed E-state index contributed by atoms with van der Waals surface area (Å²) in [5, 5.41) is 0. The zero-order valence-corrected chi connectivity index (χ0v) is 13.6. The summed E-state index contributed by atoms with van der Waals surface area (Å²) in [4.78, 5) is 0. The monoisotopic (exact) mass is 254 g/mol. The van der Waals surface area contributed by atoms with Gasteiger partial charge in [-0.2, -0.15) is 0 Å². The number of rotatable bonds is 13. The van der Waals surface area contributed by atoms with E-state index in [1.165, 1.54) is 77.0 Å². The van der Waals surface area contributed by atoms with Gasteiger partial charge in [0.05, 0.1) is 0 Å². The summed E-state index contributed by atoms with van der Waals surface area (Å²) in [5.74, 6) is 1.93. The SMILES string of the molecule is CCCCCC(C)CCCCCCC(C)CCC. The van der Waals surface area contributed by atoms with Crippen LogP contribution in [0, 0.1) is 11.8 Å². The minimum atomic E-state index is 0.961. The van der Waals surface area contributed by atoms with E-state index in [9.17, 15) is 0 Å². The lowest BCUT2D eigenvalue weighted by Gasteiger charge is -2.11. The molecule has 18 heavy (non-hydrogen) atoms. The standard InChI is InChI=1S/C18H38/c1-5-7-10-14-18(4)16-12-9-8-11-15-17(3)13-6-2/h17-18H,5-16H2,1-4H3. The Morgan fingerprint density at radius 1 is 0.500 bits per heavy atom. The maximum absolute atomic E-state index is 2.44. The molecule has 2 unspecified atom stereocenters. The number of hydrogen-bond donors (Lipinski definition) is 0. The highest BCUT2D eigenvalue weighted by Crippen LogP contribution is 2.19. The van der Waals surface area contributed by atoms with Crippen molar-refractivity contribution in [1.29, 1.82) is 0 Å². The van der Waals surface area contributed by atoms with Crippen LogP contribution in [0.5, 0.6) is 0 Å². The van der Waals surface area contributed by atoms with Crippen LogP contribution in [-0.4, -0.2) is 0 Å². The highest BCUT2D eigenvalue weighted by atomic mass is 14.1. The molecule has 0 saturated carbocycles. The molecule has 0 aromatic heterocycles. The first-order valence-electron chi connectivity index (χ1n) is 8.70. The molecule has 0 radical (unpaired) electrons. The van der Waals surface area contributed by atoms with Gasteiger partial charge in [0.2, 0.25) is 0 Å². The number of unbranched alkanes of at least 4 members (excludes halogenated alkanes) is 5. The minimum absolute atomic E-state index is 0.961. The molecular weight excluding hydrogens is 216 g/mol. The van der Waals surface area contributed by atoms with E-state index >= 15 is 0 Å². The average molecular weight is 255 g/mol. The lowest BCUT2D eigenvalue weighted by Crippen LogP contribution is -1.96. The Balaban J connectivity index is 3.19. The van der Waals surface area contributed by atoms with Gasteiger partial charge in [-0.3, -0.25) is 0 Å². The van der Waals surface area contributed by atoms with Gasteiger partial charge in [0.15, 0.2) is 0 Å². The van der Waals surface area contributed by atoms with E-state index in [1.807, 2.05) is 0 Å². The highest BCUT2D eigenvalue weighted by Gasteiger charge is 2.03. The van der Waals surface area contributed by atoms with Gasteiger partial charge < -0.3 is 0 Å². The zero-order chi connectivity index (χ0) is 13.6. The van der Waals surface area contributed by atoms with Crippen molar-refractivity contribution in [1.82, 2.24) is 0 Å². The highest BCUT2D eigenvalue weighted by molar-refractivity contribution is 4.56. The van der Waals surface area contributed by atoms with Crippen LogP contribution in [0.4, 0.5) is 0 Å². The Hall–Kier alpha value is 0. The summed E-state index contributed by atoms with van der Waals surface area (Å²) in [6, 6.07) is 0. The van der Waals surface area contributed by atoms with Crippen LogP contribution in [0.2, 0.25) is 0 Å². The third kappa shape index (κ3) is 12.5. The second-order valence-corrected chi connectivity index (χ2v) is 6.49. The second kappa shape index (κ2) is 13.4. The van der Waals surface area contributed by atoms with Gasteiger partial charge in [0.25, 0.3) is 0 Å². The van der Waals surface area contributed by atoms with E-state index in [-0.39, 0.29) is 0 Å². The van der Waals surface area contributed by atoms with Crippen molar-refractivity contribution in [2.45, 2.75) is 105 Å². The van der Waals surface area contributed by atoms with E-state index in [4.69, 9.17) is 0 Å². The molecule has 0 saturated heterocycles. The van der Waals surface area contributed by atoms with Crippen molar-refractivity contribution in [3.8, 4) is 0 Å². The van der Waals surface area contributed by atoms with Crippen LogP contribution < -0.4 is 0 Å². The van der Waals surface area contributed by atoms with Crippen LogP contribution in [0.25, 0.3) is 0 Å². The largest absolute Gasteiger partial charge is 0.0654 e. The van der Waals surface area contributed by atoms with Gasteiger partial charge in [0.1, 0.15) is 0 Å². The number of hydrogen-bond acceptors (Lipinski definition) is 0. The quantitative estimate of drug-likeness (QED) is 0.311. The van der Waals surface area contributed by atoms with Crippen LogP contribution >= 0.6 is 0 Å². The van der Waals surface area contributed by atoms with Gasteiger partial charge in [0, 0.05) is 0 Å². The Bertz CT molecular complexity index is 150. The molecule has 0 nitrogen and oxygen atoms in total. The van der Waals surface area contributed by atoms with Gasteiger partial charge in [-0.15, -0.1) is 0 Å². The second-order valence-electron chi connectivity index (χ2n) is 6.49. The van der Waals surface area contributed by atoms with Crippen LogP contribution in [0.3, 0.4) is 0 Å². The maximum atomic E-state index is 2.44. The smallest absolute Gasteiger partial charge is 0.0443 e. The molecule has 0 bridgehead atoms. The fraction of sp³-hybridized carbons (Fsp3) is 1.00. The molecule has 0 fully saturated rings. The van der Waals surface area contributed by atoms with Gasteiger partial charge >= 0.3 is 0 Å². The lowest BCUT2D eigenvalue weighted by molar-refractivity contribution is 0.422. The first-order valence-corrected chi connectivity index (χ1v) is 8.70. The Morgan fingerprint density at radius 2 is 0.944 bits per heavy atom. The third-order valence-electron chi connectivity index (χ3n) is 4.23. The summed E-state index contributed by atoms with van der Waals surface area (Å²) in [6.45, 7) is 9.46. The van der Waals surface area contributed by atoms with E-state index in [1.54, 1.807) is 0 Å². The predicted molar refractivity (Wildman–Crippen MR) is 85.1 cm³/mol. The molecule has 0 spiro atoms. The summed E-state index contributed by atoms with van der Waals surface area (Å²) >= 11 is 0. The molecule has 0 heterocycles. The van der Waals surface area contributed by atoms with Crippen molar-refractivity contribution in [2.24, 2.45) is 11.8 Å². The third-order valence-corrected chi connectivity index (χ3v) is 4.23. The molecule has 0 aromatic rings. The Kier molecular flexibility index (Phi) is 13.4. The predicted octanol–water partition coefficient (Wildman–Crippen LogP) is 6.98. The molecule has 0 aromatic carbocycles. The van der Waals surface area contributed by atoms with Crippen LogP contribution in [-0.2, 0) is 0 Å². The summed E-state index contributed by atoms with van der Waals surface area (Å²) in [7, 11) is 0. The molecule has 0 amide bonds. The molecule has 0 rings (SSSR count). The summed E-state index contributed by atoms with van der Waals surface area (Å²) in [5.41, 5.74) is 0. The van der Waals surface area contributed by atoms with Crippen molar-refractivity contribution in [2.75, 3.05) is 0 Å². The fourth-order valence-corrected chi connectivity index (χ4v) is 2.86. The summed E-state index contributed by atoms with van der Waals surface area (Å²) < 4.78 is 0. The zero-order valence-electron chi connectivity index (χ0n) is 13.6. The van der Waals surface area contributed by atoms with E-state index < -0.39 is 0 Å². The van der Waals surface area contributed by atoms with Crippen molar-refractivity contribution in [3.05, 3.63) is 0 Å². The Morgan fingerprint density at radius 3 is 1.39 bits per heavy atom. The molecule has 110 valence electrons. The van der Waals surface area contributed by atoms with Crippen molar-refractivity contribution < 1.29 is 0 Å². The first-order chi connectivity index (χ1) is 8.70. The first kappa shape index (κ1) is 18.0. The van der Waals surface area contributed by atoms with Gasteiger partial charge in [-0.05, 0) is 11.8 Å². The van der Waals surface area contributed by atoms with E-state index in [2.05, 4.69) is 27.7 Å². The minimum Gasteiger partial charge on any atom is -0.0654 e. The van der Waals surface area contributed by atoms with Gasteiger partial charge in [-0.1, -0.05) is 105 Å². The van der Waals surface area contributed by atoms with Gasteiger partial charge in [-0.25, -0.2) is 0 Å². The molecule has 0 aliphatic rings. The van der Waals surface area contributed by atoms with Crippen molar-refractivity contribution >= 4 is 0 Å². The maximum Gasteiger partial charge on any atom is -0.0443 e. The normalized spacial score (nSPS) is 14.7. The molecule has 0 heteroatoms. The molecule has 0 N–H and O–H groups in total. The van der Waals surface area contributed by atoms with Crippen LogP contribution in [0.1, 0.15) is 105 Å². The molecular formula is C18H38. The van der Waals surface area contributed by atoms with E-state index in [0.717, 1.165) is 11.8 Å². The van der Waals surface area contributed by atoms with Crippen LogP contribution in [0.15, 0.2) is 0 Å². The summed E-state index contributed by atoms with van der Waals surface area (Å²) in [6.07, 6.45) is 17.3. The fourth-order valence-electron chi connectivity index (χ4n) is 2.86. The average Bonchev–Trinajstić information content (AvgIpc) is 2.34.